The van der Waals surface area contributed by atoms with Gasteiger partial charge in [0.1, 0.15) is 0 Å². The molecule has 1 aromatic rings. The molecule has 1 aromatic carbocycles. The van der Waals surface area contributed by atoms with Gasteiger partial charge in [-0.2, -0.15) is 0 Å². The van der Waals surface area contributed by atoms with Crippen molar-refractivity contribution in [3.63, 3.8) is 0 Å². The molecule has 1 fully saturated rings. The Balaban J connectivity index is 1.73. The van der Waals surface area contributed by atoms with Crippen molar-refractivity contribution in [1.82, 2.24) is 0 Å². The van der Waals surface area contributed by atoms with E-state index in [2.05, 4.69) is 39.0 Å². The van der Waals surface area contributed by atoms with Gasteiger partial charge in [0.05, 0.1) is 6.10 Å². The van der Waals surface area contributed by atoms with E-state index in [1.807, 2.05) is 0 Å². The summed E-state index contributed by atoms with van der Waals surface area (Å²) in [6.07, 6.45) is 7.54. The maximum Gasteiger partial charge on any atom is 0.0577 e. The first-order chi connectivity index (χ1) is 11.5. The van der Waals surface area contributed by atoms with Crippen LogP contribution in [-0.4, -0.2) is 22.9 Å². The molecule has 0 amide bonds. The van der Waals surface area contributed by atoms with Crippen LogP contribution in [0.5, 0.6) is 0 Å². The van der Waals surface area contributed by atoms with Gasteiger partial charge in [-0.05, 0) is 78.5 Å². The molecule has 1 saturated carbocycles. The summed E-state index contributed by atoms with van der Waals surface area (Å²) in [6.45, 7) is 7.02. The number of aliphatic hydroxyl groups is 2. The summed E-state index contributed by atoms with van der Waals surface area (Å²) in [4.78, 5) is 0. The first kappa shape index (κ1) is 16.4. The molecule has 3 aliphatic carbocycles. The first-order valence-corrected chi connectivity index (χ1v) is 9.56. The minimum Gasteiger partial charge on any atom is -0.396 e. The third-order valence-electron chi connectivity index (χ3n) is 7.41. The molecular formula is C22H30O2. The normalized spacial score (nSPS) is 35.7. The molecule has 0 aromatic heterocycles. The zero-order valence-corrected chi connectivity index (χ0v) is 15.2. The molecular weight excluding hydrogens is 296 g/mol. The van der Waals surface area contributed by atoms with Crippen LogP contribution in [0.15, 0.2) is 23.8 Å². The van der Waals surface area contributed by atoms with Gasteiger partial charge in [0, 0.05) is 12.5 Å². The van der Waals surface area contributed by atoms with Gasteiger partial charge in [-0.1, -0.05) is 37.6 Å². The number of fused-ring (bicyclic) bond motifs is 5. The average Bonchev–Trinajstić information content (AvgIpc) is 2.96. The van der Waals surface area contributed by atoms with E-state index in [1.54, 1.807) is 11.1 Å². The lowest BCUT2D eigenvalue weighted by atomic mass is 9.57. The molecule has 2 N–H and O–H groups in total. The Hall–Kier alpha value is -1.12. The number of aliphatic hydroxyl groups excluding tert-OH is 2. The second kappa shape index (κ2) is 5.71. The van der Waals surface area contributed by atoms with Crippen LogP contribution in [-0.2, 0) is 6.42 Å². The van der Waals surface area contributed by atoms with E-state index in [0.717, 1.165) is 25.7 Å². The lowest BCUT2D eigenvalue weighted by molar-refractivity contribution is 0.0710. The molecule has 130 valence electrons. The van der Waals surface area contributed by atoms with Gasteiger partial charge >= 0.3 is 0 Å². The molecule has 0 saturated heterocycles. The second-order valence-corrected chi connectivity index (χ2v) is 8.63. The molecule has 0 bridgehead atoms. The van der Waals surface area contributed by atoms with Crippen molar-refractivity contribution in [2.45, 2.75) is 70.8 Å². The Labute approximate surface area is 145 Å². The van der Waals surface area contributed by atoms with Crippen molar-refractivity contribution < 1.29 is 10.2 Å². The molecule has 3 aliphatic rings. The molecule has 0 spiro atoms. The molecule has 2 unspecified atom stereocenters. The van der Waals surface area contributed by atoms with Gasteiger partial charge in [-0.3, -0.25) is 0 Å². The molecule has 24 heavy (non-hydrogen) atoms. The van der Waals surface area contributed by atoms with Gasteiger partial charge < -0.3 is 10.2 Å². The molecule has 5 atom stereocenters. The van der Waals surface area contributed by atoms with Gasteiger partial charge in [0.25, 0.3) is 0 Å². The van der Waals surface area contributed by atoms with Gasteiger partial charge in [0.15, 0.2) is 0 Å². The fraction of sp³-hybridized carbons (Fsp3) is 0.636. The number of hydrogen-bond acceptors (Lipinski definition) is 2. The van der Waals surface area contributed by atoms with Crippen LogP contribution < -0.4 is 0 Å². The number of allylic oxidation sites excluding steroid dienone is 1. The van der Waals surface area contributed by atoms with E-state index in [0.29, 0.717) is 11.8 Å². The molecule has 0 radical (unpaired) electrons. The standard InChI is InChI=1S/C22H30O2/c1-13(12-23)17-6-7-18-19-5-4-15-10-16(24)8-9-22(15,3)21(19)11-20(18)14(17)2/h4,6-7,13,16,19,21,23-24H,5,8-12H2,1-3H3/t13-,16+,19?,21?,22+/m1/s1. The lowest BCUT2D eigenvalue weighted by Gasteiger charge is -2.48. The predicted molar refractivity (Wildman–Crippen MR) is 97.3 cm³/mol. The maximum absolute atomic E-state index is 10.1. The van der Waals surface area contributed by atoms with Crippen LogP contribution in [0.2, 0.25) is 0 Å². The molecule has 2 nitrogen and oxygen atoms in total. The van der Waals surface area contributed by atoms with Crippen LogP contribution in [0.1, 0.15) is 73.6 Å². The summed E-state index contributed by atoms with van der Waals surface area (Å²) in [6, 6.07) is 4.60. The van der Waals surface area contributed by atoms with Gasteiger partial charge in [0.2, 0.25) is 0 Å². The third kappa shape index (κ3) is 2.23. The minimum absolute atomic E-state index is 0.136. The van der Waals surface area contributed by atoms with Crippen molar-refractivity contribution in [3.8, 4) is 0 Å². The van der Waals surface area contributed by atoms with E-state index in [1.165, 1.54) is 23.1 Å². The van der Waals surface area contributed by atoms with Gasteiger partial charge in [-0.25, -0.2) is 0 Å². The van der Waals surface area contributed by atoms with Crippen LogP contribution >= 0.6 is 0 Å². The minimum atomic E-state index is -0.136. The highest BCUT2D eigenvalue weighted by molar-refractivity contribution is 5.49. The zero-order valence-electron chi connectivity index (χ0n) is 15.2. The lowest BCUT2D eigenvalue weighted by Crippen LogP contribution is -2.40. The summed E-state index contributed by atoms with van der Waals surface area (Å²) in [5, 5.41) is 19.6. The predicted octanol–water partition coefficient (Wildman–Crippen LogP) is 4.23. The Kier molecular flexibility index (Phi) is 3.89. The summed E-state index contributed by atoms with van der Waals surface area (Å²) in [5.41, 5.74) is 7.59. The Morgan fingerprint density at radius 2 is 2.08 bits per heavy atom. The monoisotopic (exact) mass is 326 g/mol. The Morgan fingerprint density at radius 3 is 2.83 bits per heavy atom. The maximum atomic E-state index is 10.1. The SMILES string of the molecule is Cc1c([C@H](C)CO)ccc2c1CC1C2CC=C2C[C@@H](O)CC[C@@]21C. The smallest absolute Gasteiger partial charge is 0.0577 e. The van der Waals surface area contributed by atoms with E-state index in [-0.39, 0.29) is 24.0 Å². The summed E-state index contributed by atoms with van der Waals surface area (Å²) in [5.74, 6) is 1.53. The first-order valence-electron chi connectivity index (χ1n) is 9.56. The van der Waals surface area contributed by atoms with E-state index in [9.17, 15) is 10.2 Å². The topological polar surface area (TPSA) is 40.5 Å². The number of benzene rings is 1. The number of hydrogen-bond donors (Lipinski definition) is 2. The second-order valence-electron chi connectivity index (χ2n) is 8.63. The van der Waals surface area contributed by atoms with Crippen molar-refractivity contribution >= 4 is 0 Å². The fourth-order valence-electron chi connectivity index (χ4n) is 5.81. The van der Waals surface area contributed by atoms with Crippen molar-refractivity contribution in [2.75, 3.05) is 6.61 Å². The van der Waals surface area contributed by atoms with Gasteiger partial charge in [-0.15, -0.1) is 0 Å². The van der Waals surface area contributed by atoms with Crippen LogP contribution in [0.4, 0.5) is 0 Å². The fourth-order valence-corrected chi connectivity index (χ4v) is 5.81. The van der Waals surface area contributed by atoms with Crippen LogP contribution in [0, 0.1) is 18.3 Å². The molecule has 2 heteroatoms. The summed E-state index contributed by atoms with van der Waals surface area (Å²) < 4.78 is 0. The van der Waals surface area contributed by atoms with Crippen molar-refractivity contribution in [1.29, 1.82) is 0 Å². The highest BCUT2D eigenvalue weighted by Crippen LogP contribution is 2.59. The number of rotatable bonds is 2. The van der Waals surface area contributed by atoms with E-state index in [4.69, 9.17) is 0 Å². The Morgan fingerprint density at radius 1 is 1.29 bits per heavy atom. The highest BCUT2D eigenvalue weighted by Gasteiger charge is 2.50. The van der Waals surface area contributed by atoms with E-state index < -0.39 is 0 Å². The van der Waals surface area contributed by atoms with Crippen molar-refractivity contribution in [3.05, 3.63) is 46.0 Å². The van der Waals surface area contributed by atoms with Crippen molar-refractivity contribution in [2.24, 2.45) is 11.3 Å². The van der Waals surface area contributed by atoms with Crippen LogP contribution in [0.25, 0.3) is 0 Å². The largest absolute Gasteiger partial charge is 0.396 e. The van der Waals surface area contributed by atoms with E-state index >= 15 is 0 Å². The van der Waals surface area contributed by atoms with Crippen LogP contribution in [0.3, 0.4) is 0 Å². The highest BCUT2D eigenvalue weighted by atomic mass is 16.3. The third-order valence-corrected chi connectivity index (χ3v) is 7.41. The summed E-state index contributed by atoms with van der Waals surface area (Å²) in [7, 11) is 0. The average molecular weight is 326 g/mol. The zero-order chi connectivity index (χ0) is 17.1. The molecule has 0 aliphatic heterocycles. The Bertz CT molecular complexity index is 689. The molecule has 0 heterocycles. The quantitative estimate of drug-likeness (QED) is 0.799. The summed E-state index contributed by atoms with van der Waals surface area (Å²) >= 11 is 0. The molecule has 4 rings (SSSR count).